The second kappa shape index (κ2) is 3.69. The zero-order valence-corrected chi connectivity index (χ0v) is 9.58. The van der Waals surface area contributed by atoms with Gasteiger partial charge in [0.25, 0.3) is 0 Å². The van der Waals surface area contributed by atoms with Gasteiger partial charge in [0, 0.05) is 19.8 Å². The summed E-state index contributed by atoms with van der Waals surface area (Å²) in [6.45, 7) is 4.25. The fourth-order valence-corrected chi connectivity index (χ4v) is 4.98. The SMILES string of the molecule is CO[Si]1(C)OCCC2CCCCN21. The molecule has 0 bridgehead atoms. The van der Waals surface area contributed by atoms with Gasteiger partial charge in [-0.1, -0.05) is 6.42 Å². The quantitative estimate of drug-likeness (QED) is 0.600. The largest absolute Gasteiger partial charge is 0.424 e. The molecule has 2 unspecified atom stereocenters. The van der Waals surface area contributed by atoms with Crippen LogP contribution in [0.3, 0.4) is 0 Å². The molecular weight excluding hydrogens is 182 g/mol. The van der Waals surface area contributed by atoms with Crippen molar-refractivity contribution in [2.75, 3.05) is 20.3 Å². The zero-order chi connectivity index (χ0) is 9.31. The van der Waals surface area contributed by atoms with Crippen molar-refractivity contribution in [1.82, 2.24) is 4.57 Å². The van der Waals surface area contributed by atoms with Gasteiger partial charge in [0.15, 0.2) is 0 Å². The Morgan fingerprint density at radius 2 is 2.23 bits per heavy atom. The van der Waals surface area contributed by atoms with E-state index in [2.05, 4.69) is 11.1 Å². The predicted octanol–water partition coefficient (Wildman–Crippen LogP) is 1.48. The Kier molecular flexibility index (Phi) is 2.74. The Morgan fingerprint density at radius 3 is 3.00 bits per heavy atom. The van der Waals surface area contributed by atoms with Crippen molar-refractivity contribution < 1.29 is 8.85 Å². The van der Waals surface area contributed by atoms with Gasteiger partial charge in [-0.3, -0.25) is 4.57 Å². The molecule has 0 aromatic heterocycles. The average Bonchev–Trinajstić information content (AvgIpc) is 2.19. The highest BCUT2D eigenvalue weighted by atomic mass is 28.4. The lowest BCUT2D eigenvalue weighted by Crippen LogP contribution is -2.64. The van der Waals surface area contributed by atoms with Crippen LogP contribution in [-0.2, 0) is 8.85 Å². The van der Waals surface area contributed by atoms with Crippen LogP contribution in [0.4, 0.5) is 0 Å². The molecular formula is C9H19NO2Si. The summed E-state index contributed by atoms with van der Waals surface area (Å²) in [5, 5.41) is 0. The molecule has 2 saturated heterocycles. The van der Waals surface area contributed by atoms with Crippen molar-refractivity contribution in [1.29, 1.82) is 0 Å². The smallest absolute Gasteiger partial charge is 0.386 e. The first kappa shape index (κ1) is 9.64. The molecule has 0 amide bonds. The average molecular weight is 201 g/mol. The molecule has 4 heteroatoms. The summed E-state index contributed by atoms with van der Waals surface area (Å²) in [7, 11) is -0.145. The van der Waals surface area contributed by atoms with E-state index < -0.39 is 8.72 Å². The van der Waals surface area contributed by atoms with Crippen molar-refractivity contribution in [3.63, 3.8) is 0 Å². The molecule has 3 nitrogen and oxygen atoms in total. The van der Waals surface area contributed by atoms with Gasteiger partial charge in [-0.15, -0.1) is 0 Å². The summed E-state index contributed by atoms with van der Waals surface area (Å²) >= 11 is 0. The number of hydrogen-bond acceptors (Lipinski definition) is 3. The van der Waals surface area contributed by atoms with E-state index in [1.807, 2.05) is 0 Å². The molecule has 2 heterocycles. The fourth-order valence-electron chi connectivity index (χ4n) is 2.48. The molecule has 0 radical (unpaired) electrons. The standard InChI is InChI=1S/C9H19NO2Si/c1-11-13(2)10-7-4-3-5-9(10)6-8-12-13/h9H,3-8H2,1-2H3. The van der Waals surface area contributed by atoms with E-state index in [4.69, 9.17) is 8.85 Å². The molecule has 0 saturated carbocycles. The number of nitrogens with zero attached hydrogens (tertiary/aromatic N) is 1. The third-order valence-electron chi connectivity index (χ3n) is 3.35. The van der Waals surface area contributed by atoms with Gasteiger partial charge >= 0.3 is 8.72 Å². The minimum absolute atomic E-state index is 0.749. The highest BCUT2D eigenvalue weighted by Gasteiger charge is 2.46. The van der Waals surface area contributed by atoms with Crippen molar-refractivity contribution in [2.45, 2.75) is 38.3 Å². The third kappa shape index (κ3) is 1.68. The van der Waals surface area contributed by atoms with Crippen LogP contribution < -0.4 is 0 Å². The van der Waals surface area contributed by atoms with Crippen LogP contribution in [0.2, 0.25) is 6.55 Å². The molecule has 2 atom stereocenters. The number of hydrogen-bond donors (Lipinski definition) is 0. The van der Waals surface area contributed by atoms with Gasteiger partial charge in [-0.25, -0.2) is 0 Å². The Hall–Kier alpha value is 0.0969. The molecule has 2 aliphatic heterocycles. The van der Waals surface area contributed by atoms with Gasteiger partial charge in [-0.05, 0) is 32.4 Å². The number of fused-ring (bicyclic) bond motifs is 1. The Bertz CT molecular complexity index is 188. The second-order valence-corrected chi connectivity index (χ2v) is 7.15. The molecule has 0 N–H and O–H groups in total. The molecule has 0 spiro atoms. The van der Waals surface area contributed by atoms with Crippen molar-refractivity contribution >= 4 is 8.72 Å². The summed E-state index contributed by atoms with van der Waals surface area (Å²) in [4.78, 5) is 0. The first-order valence-corrected chi connectivity index (χ1v) is 7.48. The molecule has 2 rings (SSSR count). The summed E-state index contributed by atoms with van der Waals surface area (Å²) < 4.78 is 13.9. The van der Waals surface area contributed by atoms with Gasteiger partial charge in [-0.2, -0.15) is 0 Å². The van der Waals surface area contributed by atoms with Crippen LogP contribution in [0.15, 0.2) is 0 Å². The van der Waals surface area contributed by atoms with E-state index in [1.54, 1.807) is 7.11 Å². The minimum Gasteiger partial charge on any atom is -0.386 e. The van der Waals surface area contributed by atoms with E-state index in [-0.39, 0.29) is 0 Å². The molecule has 2 fully saturated rings. The van der Waals surface area contributed by atoms with Crippen LogP contribution in [0.5, 0.6) is 0 Å². The third-order valence-corrected chi connectivity index (χ3v) is 6.48. The van der Waals surface area contributed by atoms with Gasteiger partial charge < -0.3 is 8.85 Å². The van der Waals surface area contributed by atoms with Crippen LogP contribution in [0, 0.1) is 0 Å². The van der Waals surface area contributed by atoms with Gasteiger partial charge in [0.2, 0.25) is 0 Å². The number of rotatable bonds is 1. The van der Waals surface area contributed by atoms with Crippen molar-refractivity contribution in [3.8, 4) is 0 Å². The van der Waals surface area contributed by atoms with E-state index in [1.165, 1.54) is 32.2 Å². The fraction of sp³-hybridized carbons (Fsp3) is 1.00. The lowest BCUT2D eigenvalue weighted by atomic mass is 10.0. The van der Waals surface area contributed by atoms with Crippen LogP contribution in [-0.4, -0.2) is 39.6 Å². The lowest BCUT2D eigenvalue weighted by molar-refractivity contribution is 0.0495. The molecule has 76 valence electrons. The van der Waals surface area contributed by atoms with Crippen LogP contribution in [0.25, 0.3) is 0 Å². The molecule has 0 aromatic carbocycles. The minimum atomic E-state index is -1.94. The zero-order valence-electron chi connectivity index (χ0n) is 8.58. The van der Waals surface area contributed by atoms with Crippen molar-refractivity contribution in [3.05, 3.63) is 0 Å². The normalized spacial score (nSPS) is 41.5. The summed E-state index contributed by atoms with van der Waals surface area (Å²) in [5.74, 6) is 0. The maximum absolute atomic E-state index is 5.83. The van der Waals surface area contributed by atoms with Crippen LogP contribution in [0.1, 0.15) is 25.7 Å². The maximum Gasteiger partial charge on any atom is 0.424 e. The first-order chi connectivity index (χ1) is 6.26. The van der Waals surface area contributed by atoms with Gasteiger partial charge in [0.1, 0.15) is 0 Å². The second-order valence-electron chi connectivity index (χ2n) is 4.08. The van der Waals surface area contributed by atoms with E-state index >= 15 is 0 Å². The lowest BCUT2D eigenvalue weighted by Gasteiger charge is -2.47. The van der Waals surface area contributed by atoms with Gasteiger partial charge in [0.05, 0.1) is 0 Å². The van der Waals surface area contributed by atoms with E-state index in [0.717, 1.165) is 12.6 Å². The monoisotopic (exact) mass is 201 g/mol. The molecule has 0 aromatic rings. The number of piperidine rings is 1. The Labute approximate surface area is 81.3 Å². The Morgan fingerprint density at radius 1 is 1.38 bits per heavy atom. The summed E-state index contributed by atoms with van der Waals surface area (Å²) in [5.41, 5.74) is 0. The topological polar surface area (TPSA) is 21.7 Å². The van der Waals surface area contributed by atoms with Crippen LogP contribution >= 0.6 is 0 Å². The highest BCUT2D eigenvalue weighted by Crippen LogP contribution is 2.30. The molecule has 0 aliphatic carbocycles. The molecule has 2 aliphatic rings. The highest BCUT2D eigenvalue weighted by molar-refractivity contribution is 6.63. The maximum atomic E-state index is 5.83. The predicted molar refractivity (Wildman–Crippen MR) is 53.5 cm³/mol. The molecule has 13 heavy (non-hydrogen) atoms. The summed E-state index contributed by atoms with van der Waals surface area (Å²) in [6, 6.07) is 0.749. The van der Waals surface area contributed by atoms with E-state index in [0.29, 0.717) is 0 Å². The summed E-state index contributed by atoms with van der Waals surface area (Å²) in [6.07, 6.45) is 5.24. The van der Waals surface area contributed by atoms with Crippen molar-refractivity contribution in [2.24, 2.45) is 0 Å². The first-order valence-electron chi connectivity index (χ1n) is 5.22. The van der Waals surface area contributed by atoms with E-state index in [9.17, 15) is 0 Å². The Balaban J connectivity index is 2.11.